The summed E-state index contributed by atoms with van der Waals surface area (Å²) in [5.41, 5.74) is 0.801. The second-order valence-corrected chi connectivity index (χ2v) is 7.53. The molecule has 28 heavy (non-hydrogen) atoms. The molecule has 1 heterocycles. The summed E-state index contributed by atoms with van der Waals surface area (Å²) in [6, 6.07) is 3.30. The molecule has 0 amide bonds. The molecule has 0 spiro atoms. The third-order valence-corrected chi connectivity index (χ3v) is 5.12. The third kappa shape index (κ3) is 4.67. The zero-order chi connectivity index (χ0) is 20.3. The van der Waals surface area contributed by atoms with Crippen molar-refractivity contribution in [1.29, 1.82) is 0 Å². The highest BCUT2D eigenvalue weighted by atomic mass is 79.9. The second kappa shape index (κ2) is 8.68. The average Bonchev–Trinajstić information content (AvgIpc) is 2.64. The maximum Gasteiger partial charge on any atom is 0.316 e. The molecular formula is C20H20BrF2N3O2. The van der Waals surface area contributed by atoms with Crippen LogP contribution in [-0.2, 0) is 6.54 Å². The molecule has 1 aliphatic rings. The summed E-state index contributed by atoms with van der Waals surface area (Å²) in [7, 11) is 1.37. The number of methoxy groups -OCH3 is 1. The van der Waals surface area contributed by atoms with E-state index >= 15 is 0 Å². The molecule has 3 rings (SSSR count). The van der Waals surface area contributed by atoms with Gasteiger partial charge in [0.25, 0.3) is 0 Å². The maximum absolute atomic E-state index is 13.6. The molecule has 2 aromatic rings. The summed E-state index contributed by atoms with van der Waals surface area (Å²) in [5.74, 6) is -0.761. The molecule has 1 aliphatic carbocycles. The predicted octanol–water partition coefficient (Wildman–Crippen LogP) is 4.58. The normalized spacial score (nSPS) is 16.4. The molecule has 5 nitrogen and oxygen atoms in total. The Balaban J connectivity index is 2.00. The lowest BCUT2D eigenvalue weighted by Crippen LogP contribution is -2.23. The van der Waals surface area contributed by atoms with Gasteiger partial charge in [-0.05, 0) is 41.1 Å². The molecule has 0 fully saturated rings. The molecule has 1 unspecified atom stereocenters. The molecule has 148 valence electrons. The minimum atomic E-state index is -0.665. The van der Waals surface area contributed by atoms with Crippen molar-refractivity contribution in [3.63, 3.8) is 0 Å². The number of aromatic nitrogens is 2. The van der Waals surface area contributed by atoms with Gasteiger partial charge >= 0.3 is 5.56 Å². The Hall–Kier alpha value is -2.48. The van der Waals surface area contributed by atoms with Gasteiger partial charge in [-0.15, -0.1) is 0 Å². The number of rotatable bonds is 6. The highest BCUT2D eigenvalue weighted by Gasteiger charge is 2.19. The van der Waals surface area contributed by atoms with Gasteiger partial charge in [0.15, 0.2) is 0 Å². The lowest BCUT2D eigenvalue weighted by atomic mass is 9.94. The summed E-state index contributed by atoms with van der Waals surface area (Å²) in [4.78, 5) is 16.3. The van der Waals surface area contributed by atoms with Crippen LogP contribution in [0.3, 0.4) is 0 Å². The number of nitrogens with zero attached hydrogens (tertiary/aromatic N) is 2. The fourth-order valence-electron chi connectivity index (χ4n) is 3.10. The van der Waals surface area contributed by atoms with Crippen LogP contribution in [0.1, 0.15) is 25.3 Å². The highest BCUT2D eigenvalue weighted by Crippen LogP contribution is 2.31. The number of allylic oxidation sites excluding steroid dienone is 4. The lowest BCUT2D eigenvalue weighted by Gasteiger charge is -2.24. The molecule has 0 saturated carbocycles. The topological polar surface area (TPSA) is 56.1 Å². The zero-order valence-corrected chi connectivity index (χ0v) is 17.1. The molecule has 0 aliphatic heterocycles. The largest absolute Gasteiger partial charge is 0.490 e. The molecule has 0 saturated heterocycles. The summed E-state index contributed by atoms with van der Waals surface area (Å²) in [5, 5.41) is 3.22. The molecule has 0 bridgehead atoms. The van der Waals surface area contributed by atoms with E-state index in [0.717, 1.165) is 29.1 Å². The lowest BCUT2D eigenvalue weighted by molar-refractivity contribution is 0.402. The van der Waals surface area contributed by atoms with E-state index in [2.05, 4.69) is 33.2 Å². The van der Waals surface area contributed by atoms with Crippen LogP contribution in [0.15, 0.2) is 51.5 Å². The predicted molar refractivity (Wildman–Crippen MR) is 108 cm³/mol. The van der Waals surface area contributed by atoms with Gasteiger partial charge in [0, 0.05) is 17.7 Å². The summed E-state index contributed by atoms with van der Waals surface area (Å²) in [6.07, 6.45) is 7.10. The Kier molecular flexibility index (Phi) is 6.28. The van der Waals surface area contributed by atoms with Crippen LogP contribution in [0.2, 0.25) is 0 Å². The molecular weight excluding hydrogens is 432 g/mol. The number of anilines is 1. The van der Waals surface area contributed by atoms with Crippen LogP contribution in [0, 0.1) is 17.6 Å². The number of hydrogen-bond acceptors (Lipinski definition) is 4. The van der Waals surface area contributed by atoms with Gasteiger partial charge in [-0.25, -0.2) is 8.78 Å². The van der Waals surface area contributed by atoms with Crippen LogP contribution in [-0.4, -0.2) is 16.7 Å². The Morgan fingerprint density at radius 3 is 2.64 bits per heavy atom. The van der Waals surface area contributed by atoms with E-state index in [1.165, 1.54) is 25.4 Å². The summed E-state index contributed by atoms with van der Waals surface area (Å²) >= 11 is 3.52. The minimum Gasteiger partial charge on any atom is -0.490 e. The van der Waals surface area contributed by atoms with Gasteiger partial charge in [0.05, 0.1) is 19.9 Å². The first kappa shape index (κ1) is 20.3. The van der Waals surface area contributed by atoms with Crippen molar-refractivity contribution in [2.24, 2.45) is 5.92 Å². The van der Waals surface area contributed by atoms with Gasteiger partial charge in [-0.3, -0.25) is 4.79 Å². The SMILES string of the molecule is CCC1CC(Br)=CC=C1Nc1nc(=O)c(OC)cn1Cc1cc(F)cc(F)c1. The van der Waals surface area contributed by atoms with E-state index in [0.29, 0.717) is 5.56 Å². The van der Waals surface area contributed by atoms with Crippen molar-refractivity contribution < 1.29 is 13.5 Å². The molecule has 1 aromatic carbocycles. The van der Waals surface area contributed by atoms with E-state index in [-0.39, 0.29) is 24.2 Å². The Labute approximate surface area is 169 Å². The van der Waals surface area contributed by atoms with E-state index < -0.39 is 17.2 Å². The number of nitrogens with one attached hydrogen (secondary N) is 1. The van der Waals surface area contributed by atoms with E-state index in [9.17, 15) is 13.6 Å². The van der Waals surface area contributed by atoms with E-state index in [1.807, 2.05) is 12.2 Å². The van der Waals surface area contributed by atoms with Crippen molar-refractivity contribution in [1.82, 2.24) is 9.55 Å². The Morgan fingerprint density at radius 1 is 1.29 bits per heavy atom. The quantitative estimate of drug-likeness (QED) is 0.697. The molecule has 0 radical (unpaired) electrons. The fraction of sp³-hybridized carbons (Fsp3) is 0.300. The van der Waals surface area contributed by atoms with Crippen molar-refractivity contribution in [3.8, 4) is 5.75 Å². The molecule has 1 atom stereocenters. The monoisotopic (exact) mass is 451 g/mol. The van der Waals surface area contributed by atoms with Crippen molar-refractivity contribution in [2.75, 3.05) is 12.4 Å². The maximum atomic E-state index is 13.6. The van der Waals surface area contributed by atoms with E-state index in [1.54, 1.807) is 4.57 Å². The standard InChI is InChI=1S/C20H20BrF2N3O2/c1-3-13-8-14(21)4-5-17(13)24-20-25-19(27)18(28-2)11-26(20)10-12-6-15(22)9-16(23)7-12/h4-7,9,11,13H,3,8,10H2,1-2H3,(H,24,25,27). The van der Waals surface area contributed by atoms with Crippen molar-refractivity contribution in [3.05, 3.63) is 74.3 Å². The number of halogens is 3. The first-order valence-electron chi connectivity index (χ1n) is 8.83. The van der Waals surface area contributed by atoms with Gasteiger partial charge in [0.2, 0.25) is 11.7 Å². The van der Waals surface area contributed by atoms with Gasteiger partial charge in [-0.2, -0.15) is 4.98 Å². The van der Waals surface area contributed by atoms with Crippen LogP contribution in [0.25, 0.3) is 0 Å². The number of ether oxygens (including phenoxy) is 1. The Morgan fingerprint density at radius 2 is 2.00 bits per heavy atom. The first-order chi connectivity index (χ1) is 13.4. The number of hydrogen-bond donors (Lipinski definition) is 1. The van der Waals surface area contributed by atoms with Crippen molar-refractivity contribution in [2.45, 2.75) is 26.3 Å². The second-order valence-electron chi connectivity index (χ2n) is 6.51. The Bertz CT molecular complexity index is 981. The fourth-order valence-corrected chi connectivity index (χ4v) is 3.62. The first-order valence-corrected chi connectivity index (χ1v) is 9.62. The van der Waals surface area contributed by atoms with Crippen LogP contribution in [0.5, 0.6) is 5.75 Å². The summed E-state index contributed by atoms with van der Waals surface area (Å²) < 4.78 is 34.9. The molecule has 1 N–H and O–H groups in total. The van der Waals surface area contributed by atoms with Crippen LogP contribution < -0.4 is 15.6 Å². The molecule has 1 aromatic heterocycles. The van der Waals surface area contributed by atoms with Gasteiger partial charge in [0.1, 0.15) is 11.6 Å². The summed E-state index contributed by atoms with van der Waals surface area (Å²) in [6.45, 7) is 2.19. The average molecular weight is 452 g/mol. The highest BCUT2D eigenvalue weighted by molar-refractivity contribution is 9.11. The van der Waals surface area contributed by atoms with Gasteiger partial charge in [-0.1, -0.05) is 28.9 Å². The van der Waals surface area contributed by atoms with Crippen LogP contribution in [0.4, 0.5) is 14.7 Å². The van der Waals surface area contributed by atoms with Crippen LogP contribution >= 0.6 is 15.9 Å². The minimum absolute atomic E-state index is 0.0507. The molecule has 8 heteroatoms. The van der Waals surface area contributed by atoms with Gasteiger partial charge < -0.3 is 14.6 Å². The number of benzene rings is 1. The zero-order valence-electron chi connectivity index (χ0n) is 15.5. The van der Waals surface area contributed by atoms with Crippen molar-refractivity contribution >= 4 is 21.9 Å². The third-order valence-electron chi connectivity index (χ3n) is 4.53. The smallest absolute Gasteiger partial charge is 0.316 e. The van der Waals surface area contributed by atoms with E-state index in [4.69, 9.17) is 4.74 Å².